The summed E-state index contributed by atoms with van der Waals surface area (Å²) in [5.41, 5.74) is 0.770. The maximum atomic E-state index is 14.6. The zero-order valence-corrected chi connectivity index (χ0v) is 36.0. The van der Waals surface area contributed by atoms with Crippen LogP contribution in [-0.2, 0) is 46.3 Å². The van der Waals surface area contributed by atoms with Gasteiger partial charge < -0.3 is 62.0 Å². The summed E-state index contributed by atoms with van der Waals surface area (Å²) in [6, 6.07) is 16.2. The number of aromatic hydroxyl groups is 4. The Hall–Kier alpha value is -8.06. The molecule has 0 aliphatic carbocycles. The van der Waals surface area contributed by atoms with E-state index in [1.807, 2.05) is 0 Å². The molecule has 66 heavy (non-hydrogen) atoms. The maximum absolute atomic E-state index is 14.6. The van der Waals surface area contributed by atoms with E-state index in [0.29, 0.717) is 11.1 Å². The van der Waals surface area contributed by atoms with E-state index in [2.05, 4.69) is 36.9 Å². The fourth-order valence-electron chi connectivity index (χ4n) is 7.11. The van der Waals surface area contributed by atoms with Crippen molar-refractivity contribution in [2.45, 2.75) is 69.0 Å². The number of esters is 1. The molecule has 0 spiro atoms. The van der Waals surface area contributed by atoms with Gasteiger partial charge >= 0.3 is 5.97 Å². The van der Waals surface area contributed by atoms with Gasteiger partial charge in [0.05, 0.1) is 0 Å². The Kier molecular flexibility index (Phi) is 15.1. The van der Waals surface area contributed by atoms with Gasteiger partial charge in [-0.05, 0) is 72.5 Å². The van der Waals surface area contributed by atoms with E-state index in [0.717, 1.165) is 36.4 Å². The topological polar surface area (TPSA) is 298 Å². The van der Waals surface area contributed by atoms with Crippen LogP contribution >= 0.6 is 11.6 Å². The largest absolute Gasteiger partial charge is 0.508 e. The number of ether oxygens (including phenoxy) is 1. The van der Waals surface area contributed by atoms with Crippen molar-refractivity contribution < 1.29 is 58.7 Å². The quantitative estimate of drug-likeness (QED) is 0.0900. The van der Waals surface area contributed by atoms with Crippen molar-refractivity contribution in [2.24, 2.45) is 0 Å². The number of carbonyl (C=O) groups excluding carboxylic acids is 7. The van der Waals surface area contributed by atoms with Crippen molar-refractivity contribution >= 4 is 53.0 Å². The first-order chi connectivity index (χ1) is 31.4. The Labute approximate surface area is 381 Å². The smallest absolute Gasteiger partial charge is 0.333 e. The molecule has 11 N–H and O–H groups in total. The molecular weight excluding hydrogens is 878 g/mol. The summed E-state index contributed by atoms with van der Waals surface area (Å²) in [6.07, 6.45) is -1.89. The number of carbonyl (C=O) groups is 7. The number of rotatable bonds is 10. The number of hydrogen-bond acceptors (Lipinski definition) is 12. The second-order valence-electron chi connectivity index (χ2n) is 15.5. The summed E-state index contributed by atoms with van der Waals surface area (Å²) in [5, 5.41) is 56.9. The number of cyclic esters (lactones) is 1. The van der Waals surface area contributed by atoms with Crippen molar-refractivity contribution in [3.8, 4) is 23.0 Å². The molecule has 0 radical (unpaired) electrons. The zero-order chi connectivity index (χ0) is 47.7. The van der Waals surface area contributed by atoms with Crippen LogP contribution in [0.4, 0.5) is 0 Å². The molecule has 0 unspecified atom stereocenters. The second-order valence-corrected chi connectivity index (χ2v) is 15.9. The van der Waals surface area contributed by atoms with E-state index in [4.69, 9.17) is 16.3 Å². The lowest BCUT2D eigenvalue weighted by Gasteiger charge is -2.31. The highest BCUT2D eigenvalue weighted by atomic mass is 35.5. The molecular formula is C46H46ClN7O12. The molecule has 6 rings (SSSR count). The molecule has 0 bridgehead atoms. The first-order valence-corrected chi connectivity index (χ1v) is 20.8. The highest BCUT2D eigenvalue weighted by molar-refractivity contribution is 6.29. The van der Waals surface area contributed by atoms with Crippen LogP contribution in [0.5, 0.6) is 23.0 Å². The lowest BCUT2D eigenvalue weighted by molar-refractivity contribution is -0.156. The lowest BCUT2D eigenvalue weighted by atomic mass is 10.0. The van der Waals surface area contributed by atoms with Crippen LogP contribution in [0.3, 0.4) is 0 Å². The van der Waals surface area contributed by atoms with Gasteiger partial charge in [-0.3, -0.25) is 28.8 Å². The van der Waals surface area contributed by atoms with Gasteiger partial charge in [-0.15, -0.1) is 0 Å². The monoisotopic (exact) mass is 923 g/mol. The number of hydrogen-bond donors (Lipinski definition) is 11. The molecule has 1 aromatic heterocycles. The summed E-state index contributed by atoms with van der Waals surface area (Å²) in [4.78, 5) is 102. The first-order valence-electron chi connectivity index (χ1n) is 20.5. The van der Waals surface area contributed by atoms with Crippen LogP contribution in [0.2, 0.25) is 5.15 Å². The first kappa shape index (κ1) is 47.4. The van der Waals surface area contributed by atoms with Gasteiger partial charge in [-0.25, -0.2) is 4.79 Å². The molecule has 1 saturated heterocycles. The molecule has 2 heterocycles. The Balaban J connectivity index is 1.43. The van der Waals surface area contributed by atoms with Crippen LogP contribution in [0.25, 0.3) is 0 Å². The predicted octanol–water partition coefficient (Wildman–Crippen LogP) is 2.21. The summed E-state index contributed by atoms with van der Waals surface area (Å²) in [6.45, 7) is 2.53. The third-order valence-corrected chi connectivity index (χ3v) is 10.6. The zero-order valence-electron chi connectivity index (χ0n) is 35.3. The molecule has 20 heteroatoms. The van der Waals surface area contributed by atoms with Crippen LogP contribution < -0.4 is 31.9 Å². The molecule has 6 amide bonds. The Morgan fingerprint density at radius 2 is 1.20 bits per heavy atom. The van der Waals surface area contributed by atoms with E-state index in [9.17, 15) is 54.0 Å². The van der Waals surface area contributed by atoms with Crippen LogP contribution in [0, 0.1) is 0 Å². The van der Waals surface area contributed by atoms with Gasteiger partial charge in [0.25, 0.3) is 5.91 Å². The molecule has 4 aromatic carbocycles. The predicted molar refractivity (Wildman–Crippen MR) is 236 cm³/mol. The Morgan fingerprint density at radius 1 is 0.652 bits per heavy atom. The van der Waals surface area contributed by atoms with Crippen molar-refractivity contribution in [3.63, 3.8) is 0 Å². The number of benzene rings is 4. The van der Waals surface area contributed by atoms with Gasteiger partial charge in [0.2, 0.25) is 29.5 Å². The van der Waals surface area contributed by atoms with Gasteiger partial charge in [-0.2, -0.15) is 0 Å². The van der Waals surface area contributed by atoms with E-state index in [1.54, 1.807) is 60.7 Å². The van der Waals surface area contributed by atoms with Crippen molar-refractivity contribution in [2.75, 3.05) is 0 Å². The SMILES string of the molecule is C[C@H]1NC(=O)[C@H](Cc2ccccc2)NC(=O)[C@H](NC(=O)[C@H](Cc2ccccc2)NC(=O)c2ccc(Cl)[nH]2)[C@@H](C)OC(=O)[C@@H](c2cc(O)cc(O)c2)NC(=O)[C@@H](c2cc(O)cc(O)c2)NC1=O. The van der Waals surface area contributed by atoms with Gasteiger partial charge in [0.1, 0.15) is 70.2 Å². The number of H-pyrrole nitrogens is 1. The molecule has 5 aromatic rings. The van der Waals surface area contributed by atoms with E-state index in [1.165, 1.54) is 26.0 Å². The number of aromatic amines is 1. The summed E-state index contributed by atoms with van der Waals surface area (Å²) >= 11 is 6.01. The third-order valence-electron chi connectivity index (χ3n) is 10.4. The van der Waals surface area contributed by atoms with Gasteiger partial charge in [0, 0.05) is 25.0 Å². The van der Waals surface area contributed by atoms with E-state index >= 15 is 0 Å². The Bertz CT molecular complexity index is 2570. The number of halogens is 1. The molecule has 0 saturated carbocycles. The number of nitrogens with one attached hydrogen (secondary N) is 7. The summed E-state index contributed by atoms with van der Waals surface area (Å²) in [7, 11) is 0. The van der Waals surface area contributed by atoms with Crippen molar-refractivity contribution in [1.82, 2.24) is 36.9 Å². The fourth-order valence-corrected chi connectivity index (χ4v) is 7.27. The molecule has 344 valence electrons. The van der Waals surface area contributed by atoms with Gasteiger partial charge in [0.15, 0.2) is 6.04 Å². The highest BCUT2D eigenvalue weighted by Crippen LogP contribution is 2.29. The number of aromatic nitrogens is 1. The van der Waals surface area contributed by atoms with E-state index < -0.39 is 107 Å². The van der Waals surface area contributed by atoms with Crippen LogP contribution in [0.15, 0.2) is 109 Å². The Morgan fingerprint density at radius 3 is 1.76 bits per heavy atom. The number of phenols is 4. The second kappa shape index (κ2) is 21.1. The molecule has 1 aliphatic rings. The molecule has 7 atom stereocenters. The lowest BCUT2D eigenvalue weighted by Crippen LogP contribution is -2.62. The average molecular weight is 924 g/mol. The number of phenolic OH excluding ortho intramolecular Hbond substituents is 4. The minimum Gasteiger partial charge on any atom is -0.508 e. The van der Waals surface area contributed by atoms with Gasteiger partial charge in [-0.1, -0.05) is 72.3 Å². The third kappa shape index (κ3) is 12.3. The van der Waals surface area contributed by atoms with Crippen LogP contribution in [0.1, 0.15) is 58.7 Å². The van der Waals surface area contributed by atoms with Crippen LogP contribution in [-0.4, -0.2) is 97.1 Å². The van der Waals surface area contributed by atoms with E-state index in [-0.39, 0.29) is 34.8 Å². The maximum Gasteiger partial charge on any atom is 0.333 e. The minimum absolute atomic E-state index is 0.0162. The summed E-state index contributed by atoms with van der Waals surface area (Å²) in [5.74, 6) is -9.11. The minimum atomic E-state index is -1.92. The average Bonchev–Trinajstić information content (AvgIpc) is 3.71. The molecule has 1 aliphatic heterocycles. The fraction of sp³-hybridized carbons (Fsp3) is 0.239. The highest BCUT2D eigenvalue weighted by Gasteiger charge is 2.39. The molecule has 1 fully saturated rings. The normalized spacial score (nSPS) is 21.2. The standard InChI is InChI=1S/C46H46ClN7O12/c1-23-40(59)53-38(27-17-29(55)21-30(56)18-27)45(64)54-39(28-19-31(57)22-32(58)20-28)46(65)66-24(2)37(44(63)51-34(42(61)48-23)15-25-9-5-3-6-10-25)52-43(62)35(16-26-11-7-4-8-12-26)50-41(60)33-13-14-36(47)49-33/h3-14,17-24,34-35,37-39,49,55-58H,15-16H2,1-2H3,(H,48,61)(H,50,60)(H,51,63)(H,52,62)(H,53,59)(H,54,64)/t23-,24-,34+,35+,37-,38-,39-/m1/s1. The van der Waals surface area contributed by atoms with Crippen molar-refractivity contribution in [3.05, 3.63) is 142 Å². The molecule has 19 nitrogen and oxygen atoms in total. The van der Waals surface area contributed by atoms with Crippen molar-refractivity contribution in [1.29, 1.82) is 0 Å². The summed E-state index contributed by atoms with van der Waals surface area (Å²) < 4.78 is 5.81. The number of amides is 6.